The zero-order valence-electron chi connectivity index (χ0n) is 15.9. The monoisotopic (exact) mass is 457 g/mol. The van der Waals surface area contributed by atoms with Gasteiger partial charge in [0, 0.05) is 22.9 Å². The lowest BCUT2D eigenvalue weighted by Gasteiger charge is -2.05. The van der Waals surface area contributed by atoms with Crippen molar-refractivity contribution in [2.24, 2.45) is 4.99 Å². The summed E-state index contributed by atoms with van der Waals surface area (Å²) < 4.78 is 10.8. The lowest BCUT2D eigenvalue weighted by Crippen LogP contribution is -1.94. The minimum Gasteiger partial charge on any atom is -0.504 e. The van der Waals surface area contributed by atoms with Gasteiger partial charge < -0.3 is 14.3 Å². The lowest BCUT2D eigenvalue weighted by molar-refractivity contribution is -0.385. The highest BCUT2D eigenvalue weighted by atomic mass is 35.5. The van der Waals surface area contributed by atoms with Crippen LogP contribution in [0.15, 0.2) is 57.9 Å². The van der Waals surface area contributed by atoms with Crippen molar-refractivity contribution in [3.63, 3.8) is 0 Å². The number of hydrogen-bond acceptors (Lipinski definition) is 7. The smallest absolute Gasteiger partial charge is 0.274 e. The second kappa shape index (κ2) is 8.25. The van der Waals surface area contributed by atoms with Gasteiger partial charge in [-0.25, -0.2) is 4.98 Å². The molecule has 1 aromatic heterocycles. The zero-order chi connectivity index (χ0) is 22.1. The summed E-state index contributed by atoms with van der Waals surface area (Å²) in [6.45, 7) is 0. The number of aromatic nitrogens is 1. The van der Waals surface area contributed by atoms with E-state index in [-0.39, 0.29) is 22.7 Å². The van der Waals surface area contributed by atoms with Crippen molar-refractivity contribution in [3.8, 4) is 23.0 Å². The molecule has 0 saturated carbocycles. The molecule has 4 aromatic rings. The van der Waals surface area contributed by atoms with E-state index in [2.05, 4.69) is 9.98 Å². The number of oxazole rings is 1. The van der Waals surface area contributed by atoms with Crippen LogP contribution in [0.3, 0.4) is 0 Å². The first-order chi connectivity index (χ1) is 14.9. The molecule has 156 valence electrons. The van der Waals surface area contributed by atoms with Crippen molar-refractivity contribution >= 4 is 51.9 Å². The number of aliphatic imine (C=N–C) groups is 1. The fourth-order valence-electron chi connectivity index (χ4n) is 2.89. The number of phenols is 1. The van der Waals surface area contributed by atoms with Gasteiger partial charge in [0.1, 0.15) is 5.52 Å². The predicted molar refractivity (Wildman–Crippen MR) is 118 cm³/mol. The molecule has 0 saturated heterocycles. The highest BCUT2D eigenvalue weighted by Gasteiger charge is 2.16. The number of phenolic OH excluding ortho intramolecular Hbond substituents is 1. The second-order valence-corrected chi connectivity index (χ2v) is 7.24. The topological polar surface area (TPSA) is 111 Å². The SMILES string of the molecule is COc1cc([N+](=O)[O-])cc(C=Nc2ccc3oc(-c4ccc(Cl)cc4Cl)nc3c2)c1O. The Hall–Kier alpha value is -3.62. The van der Waals surface area contributed by atoms with Crippen molar-refractivity contribution in [2.45, 2.75) is 0 Å². The van der Waals surface area contributed by atoms with Crippen LogP contribution in [-0.2, 0) is 0 Å². The van der Waals surface area contributed by atoms with E-state index in [1.54, 1.807) is 36.4 Å². The molecule has 3 aromatic carbocycles. The summed E-state index contributed by atoms with van der Waals surface area (Å²) in [7, 11) is 1.31. The Kier molecular flexibility index (Phi) is 5.50. The van der Waals surface area contributed by atoms with Crippen LogP contribution in [0.4, 0.5) is 11.4 Å². The van der Waals surface area contributed by atoms with Crippen molar-refractivity contribution in [2.75, 3.05) is 7.11 Å². The Labute approximate surface area is 185 Å². The Balaban J connectivity index is 1.69. The number of benzene rings is 3. The lowest BCUT2D eigenvalue weighted by atomic mass is 10.1. The van der Waals surface area contributed by atoms with E-state index in [0.29, 0.717) is 38.3 Å². The quantitative estimate of drug-likeness (QED) is 0.217. The molecule has 8 nitrogen and oxygen atoms in total. The minimum atomic E-state index is -0.579. The number of nitro benzene ring substituents is 1. The summed E-state index contributed by atoms with van der Waals surface area (Å²) >= 11 is 12.2. The molecule has 1 heterocycles. The first-order valence-corrected chi connectivity index (χ1v) is 9.57. The molecule has 4 rings (SSSR count). The third-order valence-electron chi connectivity index (χ3n) is 4.41. The van der Waals surface area contributed by atoms with Gasteiger partial charge in [-0.1, -0.05) is 23.2 Å². The molecule has 0 aliphatic carbocycles. The maximum Gasteiger partial charge on any atom is 0.274 e. The van der Waals surface area contributed by atoms with Crippen LogP contribution < -0.4 is 4.74 Å². The van der Waals surface area contributed by atoms with Crippen LogP contribution in [0, 0.1) is 10.1 Å². The predicted octanol–water partition coefficient (Wildman–Crippen LogP) is 6.17. The molecule has 0 spiro atoms. The summed E-state index contributed by atoms with van der Waals surface area (Å²) in [6.07, 6.45) is 1.31. The van der Waals surface area contributed by atoms with Crippen LogP contribution in [-0.4, -0.2) is 28.3 Å². The highest BCUT2D eigenvalue weighted by molar-refractivity contribution is 6.36. The van der Waals surface area contributed by atoms with Crippen molar-refractivity contribution in [1.82, 2.24) is 4.98 Å². The Morgan fingerprint density at radius 2 is 2.00 bits per heavy atom. The van der Waals surface area contributed by atoms with Crippen LogP contribution in [0.2, 0.25) is 10.0 Å². The summed E-state index contributed by atoms with van der Waals surface area (Å²) in [5.41, 5.74) is 2.07. The summed E-state index contributed by atoms with van der Waals surface area (Å²) in [4.78, 5) is 19.3. The van der Waals surface area contributed by atoms with Gasteiger partial charge in [0.2, 0.25) is 5.89 Å². The van der Waals surface area contributed by atoms with Gasteiger partial charge in [-0.2, -0.15) is 0 Å². The molecule has 0 unspecified atom stereocenters. The van der Waals surface area contributed by atoms with Crippen LogP contribution in [0.5, 0.6) is 11.5 Å². The van der Waals surface area contributed by atoms with Gasteiger partial charge in [-0.3, -0.25) is 15.1 Å². The van der Waals surface area contributed by atoms with E-state index in [9.17, 15) is 15.2 Å². The van der Waals surface area contributed by atoms with Crippen LogP contribution in [0.1, 0.15) is 5.56 Å². The van der Waals surface area contributed by atoms with Gasteiger partial charge in [-0.05, 0) is 36.4 Å². The van der Waals surface area contributed by atoms with E-state index in [0.717, 1.165) is 6.07 Å². The minimum absolute atomic E-state index is 0.0212. The van der Waals surface area contributed by atoms with Gasteiger partial charge in [0.15, 0.2) is 17.1 Å². The van der Waals surface area contributed by atoms with Gasteiger partial charge in [0.05, 0.1) is 34.4 Å². The van der Waals surface area contributed by atoms with Gasteiger partial charge in [0.25, 0.3) is 5.69 Å². The molecule has 0 fully saturated rings. The van der Waals surface area contributed by atoms with E-state index in [1.165, 1.54) is 19.4 Å². The number of fused-ring (bicyclic) bond motifs is 1. The molecular formula is C21H13Cl2N3O5. The zero-order valence-corrected chi connectivity index (χ0v) is 17.4. The number of nitrogens with zero attached hydrogens (tertiary/aromatic N) is 3. The largest absolute Gasteiger partial charge is 0.504 e. The molecule has 0 aliphatic rings. The number of hydrogen-bond donors (Lipinski definition) is 1. The van der Waals surface area contributed by atoms with Crippen molar-refractivity contribution in [1.29, 1.82) is 0 Å². The maximum atomic E-state index is 11.1. The van der Waals surface area contributed by atoms with E-state index >= 15 is 0 Å². The average molecular weight is 458 g/mol. The molecule has 0 atom stereocenters. The summed E-state index contributed by atoms with van der Waals surface area (Å²) in [5.74, 6) is 0.0602. The van der Waals surface area contributed by atoms with E-state index < -0.39 is 4.92 Å². The number of methoxy groups -OCH3 is 1. The molecule has 1 N–H and O–H groups in total. The van der Waals surface area contributed by atoms with E-state index in [4.69, 9.17) is 32.4 Å². The first-order valence-electron chi connectivity index (χ1n) is 8.81. The first kappa shape index (κ1) is 20.6. The van der Waals surface area contributed by atoms with E-state index in [1.807, 2.05) is 0 Å². The average Bonchev–Trinajstić information content (AvgIpc) is 3.15. The maximum absolute atomic E-state index is 11.1. The van der Waals surface area contributed by atoms with Crippen LogP contribution in [0.25, 0.3) is 22.6 Å². The highest BCUT2D eigenvalue weighted by Crippen LogP contribution is 2.35. The molecule has 0 radical (unpaired) electrons. The molecule has 0 amide bonds. The molecule has 10 heteroatoms. The summed E-state index contributed by atoms with van der Waals surface area (Å²) in [6, 6.07) is 12.4. The van der Waals surface area contributed by atoms with Gasteiger partial charge >= 0.3 is 0 Å². The third kappa shape index (κ3) is 4.16. The normalized spacial score (nSPS) is 11.3. The fourth-order valence-corrected chi connectivity index (χ4v) is 3.38. The number of rotatable bonds is 5. The standard InChI is InChI=1S/C21H13Cl2N3O5/c1-30-19-9-14(26(28)29)6-11(20(19)27)10-24-13-3-5-18-17(8-13)25-21(31-18)15-4-2-12(22)7-16(15)23/h2-10,27H,1H3. The number of non-ortho nitro benzene ring substituents is 1. The molecular weight excluding hydrogens is 445 g/mol. The fraction of sp³-hybridized carbons (Fsp3) is 0.0476. The number of aromatic hydroxyl groups is 1. The second-order valence-electron chi connectivity index (χ2n) is 6.40. The Bertz CT molecular complexity index is 1350. The Morgan fingerprint density at radius 1 is 1.19 bits per heavy atom. The number of halogens is 2. The molecule has 0 bridgehead atoms. The van der Waals surface area contributed by atoms with Crippen molar-refractivity contribution in [3.05, 3.63) is 74.3 Å². The number of nitro groups is 1. The third-order valence-corrected chi connectivity index (χ3v) is 4.95. The molecule has 0 aliphatic heterocycles. The van der Waals surface area contributed by atoms with Crippen molar-refractivity contribution < 1.29 is 19.2 Å². The molecule has 31 heavy (non-hydrogen) atoms. The van der Waals surface area contributed by atoms with Crippen LogP contribution >= 0.6 is 23.2 Å². The Morgan fingerprint density at radius 3 is 2.71 bits per heavy atom. The summed E-state index contributed by atoms with van der Waals surface area (Å²) in [5, 5.41) is 22.2. The number of ether oxygens (including phenoxy) is 1. The van der Waals surface area contributed by atoms with Gasteiger partial charge in [-0.15, -0.1) is 0 Å².